The van der Waals surface area contributed by atoms with Crippen molar-refractivity contribution in [3.05, 3.63) is 29.8 Å². The Labute approximate surface area is 93.6 Å². The highest BCUT2D eigenvalue weighted by Gasteiger charge is 2.08. The summed E-state index contributed by atoms with van der Waals surface area (Å²) in [4.78, 5) is 22.4. The molecule has 3 N–H and O–H groups in total. The van der Waals surface area contributed by atoms with Crippen molar-refractivity contribution in [1.29, 1.82) is 0 Å². The van der Waals surface area contributed by atoms with Crippen molar-refractivity contribution in [2.75, 3.05) is 12.4 Å². The molecule has 0 spiro atoms. The topological polar surface area (TPSA) is 81.4 Å². The van der Waals surface area contributed by atoms with Gasteiger partial charge in [0.15, 0.2) is 0 Å². The zero-order valence-corrected chi connectivity index (χ0v) is 9.19. The fourth-order valence-corrected chi connectivity index (χ4v) is 1.06. The summed E-state index contributed by atoms with van der Waals surface area (Å²) in [5, 5.41) is 2.61. The molecule has 0 saturated heterocycles. The predicted molar refractivity (Wildman–Crippen MR) is 60.1 cm³/mol. The van der Waals surface area contributed by atoms with Gasteiger partial charge >= 0.3 is 5.97 Å². The van der Waals surface area contributed by atoms with Crippen LogP contribution in [0.4, 0.5) is 5.69 Å². The summed E-state index contributed by atoms with van der Waals surface area (Å²) in [5.74, 6) is -0.684. The van der Waals surface area contributed by atoms with Crippen LogP contribution in [0.25, 0.3) is 0 Å². The van der Waals surface area contributed by atoms with Gasteiger partial charge in [-0.1, -0.05) is 0 Å². The second-order valence-electron chi connectivity index (χ2n) is 3.35. The number of ether oxygens (including phenoxy) is 1. The highest BCUT2D eigenvalue weighted by Crippen LogP contribution is 2.10. The molecule has 0 bridgehead atoms. The quantitative estimate of drug-likeness (QED) is 0.740. The van der Waals surface area contributed by atoms with Crippen molar-refractivity contribution in [2.24, 2.45) is 5.73 Å². The minimum Gasteiger partial charge on any atom is -0.465 e. The second kappa shape index (κ2) is 5.27. The van der Waals surface area contributed by atoms with E-state index < -0.39 is 12.0 Å². The number of anilines is 1. The molecular formula is C11H14N2O3. The fraction of sp³-hybridized carbons (Fsp3) is 0.273. The summed E-state index contributed by atoms with van der Waals surface area (Å²) >= 11 is 0. The van der Waals surface area contributed by atoms with E-state index in [1.54, 1.807) is 31.2 Å². The lowest BCUT2D eigenvalue weighted by molar-refractivity contribution is -0.117. The van der Waals surface area contributed by atoms with E-state index in [0.29, 0.717) is 11.3 Å². The molecule has 0 radical (unpaired) electrons. The summed E-state index contributed by atoms with van der Waals surface area (Å²) in [7, 11) is 1.31. The van der Waals surface area contributed by atoms with E-state index in [4.69, 9.17) is 5.73 Å². The van der Waals surface area contributed by atoms with Gasteiger partial charge in [-0.25, -0.2) is 4.79 Å². The van der Waals surface area contributed by atoms with Crippen LogP contribution >= 0.6 is 0 Å². The molecule has 1 aromatic carbocycles. The van der Waals surface area contributed by atoms with E-state index in [2.05, 4.69) is 10.1 Å². The van der Waals surface area contributed by atoms with Gasteiger partial charge < -0.3 is 15.8 Å². The lowest BCUT2D eigenvalue weighted by Crippen LogP contribution is -2.32. The number of esters is 1. The molecule has 1 aromatic rings. The van der Waals surface area contributed by atoms with Crippen molar-refractivity contribution in [3.8, 4) is 0 Å². The Kier molecular flexibility index (Phi) is 4.02. The summed E-state index contributed by atoms with van der Waals surface area (Å²) in [5.41, 5.74) is 6.42. The zero-order chi connectivity index (χ0) is 12.1. The molecule has 86 valence electrons. The summed E-state index contributed by atoms with van der Waals surface area (Å²) < 4.78 is 4.55. The van der Waals surface area contributed by atoms with Crippen LogP contribution in [0.15, 0.2) is 24.3 Å². The first-order chi connectivity index (χ1) is 7.54. The van der Waals surface area contributed by atoms with Crippen LogP contribution in [-0.4, -0.2) is 25.0 Å². The smallest absolute Gasteiger partial charge is 0.337 e. The number of rotatable bonds is 3. The number of hydrogen-bond acceptors (Lipinski definition) is 4. The normalized spacial score (nSPS) is 11.7. The summed E-state index contributed by atoms with van der Waals surface area (Å²) in [6.07, 6.45) is 0. The van der Waals surface area contributed by atoms with Gasteiger partial charge in [-0.15, -0.1) is 0 Å². The van der Waals surface area contributed by atoms with Gasteiger partial charge in [0.05, 0.1) is 18.7 Å². The molecule has 0 aromatic heterocycles. The van der Waals surface area contributed by atoms with Gasteiger partial charge in [0.25, 0.3) is 0 Å². The highest BCUT2D eigenvalue weighted by molar-refractivity contribution is 5.95. The van der Waals surface area contributed by atoms with Crippen molar-refractivity contribution < 1.29 is 14.3 Å². The number of nitrogens with two attached hydrogens (primary N) is 1. The Balaban J connectivity index is 2.72. The van der Waals surface area contributed by atoms with Crippen LogP contribution in [-0.2, 0) is 9.53 Å². The number of carbonyl (C=O) groups excluding carboxylic acids is 2. The lowest BCUT2D eigenvalue weighted by atomic mass is 10.2. The van der Waals surface area contributed by atoms with Crippen LogP contribution in [0.5, 0.6) is 0 Å². The molecule has 0 saturated carbocycles. The number of methoxy groups -OCH3 is 1. The van der Waals surface area contributed by atoms with E-state index in [9.17, 15) is 9.59 Å². The van der Waals surface area contributed by atoms with Crippen LogP contribution < -0.4 is 11.1 Å². The minimum absolute atomic E-state index is 0.272. The van der Waals surface area contributed by atoms with E-state index in [1.165, 1.54) is 7.11 Å². The largest absolute Gasteiger partial charge is 0.465 e. The molecule has 0 aliphatic carbocycles. The van der Waals surface area contributed by atoms with Gasteiger partial charge in [-0.2, -0.15) is 0 Å². The van der Waals surface area contributed by atoms with E-state index in [0.717, 1.165) is 0 Å². The van der Waals surface area contributed by atoms with E-state index >= 15 is 0 Å². The minimum atomic E-state index is -0.569. The molecule has 0 fully saturated rings. The average molecular weight is 222 g/mol. The van der Waals surface area contributed by atoms with Crippen LogP contribution in [0, 0.1) is 0 Å². The highest BCUT2D eigenvalue weighted by atomic mass is 16.5. The van der Waals surface area contributed by atoms with Crippen molar-refractivity contribution >= 4 is 17.6 Å². The van der Waals surface area contributed by atoms with Gasteiger partial charge in [0.1, 0.15) is 0 Å². The Morgan fingerprint density at radius 3 is 2.31 bits per heavy atom. The SMILES string of the molecule is COC(=O)c1ccc(NC(=O)[C@H](C)N)cc1. The van der Waals surface area contributed by atoms with Crippen LogP contribution in [0.1, 0.15) is 17.3 Å². The Bertz CT molecular complexity index is 385. The molecule has 5 nitrogen and oxygen atoms in total. The van der Waals surface area contributed by atoms with Crippen molar-refractivity contribution in [1.82, 2.24) is 0 Å². The maximum Gasteiger partial charge on any atom is 0.337 e. The summed E-state index contributed by atoms with van der Waals surface area (Å²) in [6.45, 7) is 1.60. The number of hydrogen-bond donors (Lipinski definition) is 2. The van der Waals surface area contributed by atoms with Gasteiger partial charge in [-0.05, 0) is 31.2 Å². The Morgan fingerprint density at radius 2 is 1.88 bits per heavy atom. The molecule has 16 heavy (non-hydrogen) atoms. The first-order valence-electron chi connectivity index (χ1n) is 4.79. The van der Waals surface area contributed by atoms with Crippen LogP contribution in [0.3, 0.4) is 0 Å². The maximum absolute atomic E-state index is 11.3. The van der Waals surface area contributed by atoms with Gasteiger partial charge in [0, 0.05) is 5.69 Å². The molecule has 5 heteroatoms. The molecule has 0 aliphatic rings. The molecule has 0 aliphatic heterocycles. The molecular weight excluding hydrogens is 208 g/mol. The monoisotopic (exact) mass is 222 g/mol. The maximum atomic E-state index is 11.3. The van der Waals surface area contributed by atoms with E-state index in [-0.39, 0.29) is 5.91 Å². The lowest BCUT2D eigenvalue weighted by Gasteiger charge is -2.07. The average Bonchev–Trinajstić information content (AvgIpc) is 2.28. The number of carbonyl (C=O) groups is 2. The third kappa shape index (κ3) is 3.06. The second-order valence-corrected chi connectivity index (χ2v) is 3.35. The molecule has 1 rings (SSSR count). The van der Waals surface area contributed by atoms with Crippen LogP contribution in [0.2, 0.25) is 0 Å². The fourth-order valence-electron chi connectivity index (χ4n) is 1.06. The van der Waals surface area contributed by atoms with E-state index in [1.807, 2.05) is 0 Å². The number of benzene rings is 1. The predicted octanol–water partition coefficient (Wildman–Crippen LogP) is 0.759. The van der Waals surface area contributed by atoms with Crippen molar-refractivity contribution in [3.63, 3.8) is 0 Å². The third-order valence-electron chi connectivity index (χ3n) is 1.99. The Hall–Kier alpha value is -1.88. The molecule has 1 atom stereocenters. The first-order valence-corrected chi connectivity index (χ1v) is 4.79. The Morgan fingerprint density at radius 1 is 1.31 bits per heavy atom. The molecule has 0 heterocycles. The zero-order valence-electron chi connectivity index (χ0n) is 9.19. The number of nitrogens with one attached hydrogen (secondary N) is 1. The standard InChI is InChI=1S/C11H14N2O3/c1-7(12)10(14)13-9-5-3-8(4-6-9)11(15)16-2/h3-7H,12H2,1-2H3,(H,13,14)/t7-/m0/s1. The number of amides is 1. The van der Waals surface area contributed by atoms with Gasteiger partial charge in [-0.3, -0.25) is 4.79 Å². The van der Waals surface area contributed by atoms with Gasteiger partial charge in [0.2, 0.25) is 5.91 Å². The first kappa shape index (κ1) is 12.2. The molecule has 0 unspecified atom stereocenters. The summed E-state index contributed by atoms with van der Waals surface area (Å²) in [6, 6.07) is 5.81. The van der Waals surface area contributed by atoms with Crippen molar-refractivity contribution in [2.45, 2.75) is 13.0 Å². The third-order valence-corrected chi connectivity index (χ3v) is 1.99. The molecule has 1 amide bonds.